The zero-order valence-corrected chi connectivity index (χ0v) is 14.2. The van der Waals surface area contributed by atoms with Gasteiger partial charge in [-0.05, 0) is 46.8 Å². The number of sulfonamides is 1. The number of nitrogens with one attached hydrogen (secondary N) is 1. The molecule has 0 fully saturated rings. The molecule has 0 atom stereocenters. The summed E-state index contributed by atoms with van der Waals surface area (Å²) >= 11 is 3.26. The summed E-state index contributed by atoms with van der Waals surface area (Å²) in [6.07, 6.45) is 0. The molecule has 0 spiro atoms. The lowest BCUT2D eigenvalue weighted by Gasteiger charge is -2.25. The summed E-state index contributed by atoms with van der Waals surface area (Å²) < 4.78 is 28.1. The molecule has 1 aromatic rings. The van der Waals surface area contributed by atoms with Crippen LogP contribution in [0.4, 0.5) is 0 Å². The maximum Gasteiger partial charge on any atom is 0.241 e. The maximum atomic E-state index is 12.4. The van der Waals surface area contributed by atoms with Crippen LogP contribution >= 0.6 is 15.9 Å². The van der Waals surface area contributed by atoms with Crippen LogP contribution in [-0.2, 0) is 15.6 Å². The van der Waals surface area contributed by atoms with Crippen LogP contribution in [0.3, 0.4) is 0 Å². The molecule has 0 aromatic heterocycles. The van der Waals surface area contributed by atoms with Gasteiger partial charge in [-0.3, -0.25) is 0 Å². The molecular weight excluding hydrogens is 330 g/mol. The third-order valence-corrected chi connectivity index (χ3v) is 4.62. The van der Waals surface area contributed by atoms with E-state index in [0.717, 1.165) is 0 Å². The molecule has 0 aliphatic heterocycles. The van der Waals surface area contributed by atoms with Crippen LogP contribution in [0, 0.1) is 0 Å². The van der Waals surface area contributed by atoms with Gasteiger partial charge in [0.2, 0.25) is 10.0 Å². The zero-order valence-electron chi connectivity index (χ0n) is 11.8. The number of hydrogen-bond acceptors (Lipinski definition) is 3. The number of hydrogen-bond donors (Lipinski definition) is 2. The van der Waals surface area contributed by atoms with Gasteiger partial charge in [0, 0.05) is 15.6 Å². The first-order chi connectivity index (χ1) is 8.33. The van der Waals surface area contributed by atoms with Gasteiger partial charge in [-0.25, -0.2) is 13.1 Å². The van der Waals surface area contributed by atoms with Gasteiger partial charge >= 0.3 is 0 Å². The molecular formula is C13H20BrNO3S. The van der Waals surface area contributed by atoms with Gasteiger partial charge in [-0.2, -0.15) is 0 Å². The van der Waals surface area contributed by atoms with Crippen LogP contribution in [0.25, 0.3) is 0 Å². The fraction of sp³-hybridized carbons (Fsp3) is 0.538. The van der Waals surface area contributed by atoms with Crippen molar-refractivity contribution in [2.75, 3.05) is 0 Å². The Bertz CT molecular complexity index is 569. The molecule has 6 heteroatoms. The van der Waals surface area contributed by atoms with E-state index >= 15 is 0 Å². The Morgan fingerprint density at radius 2 is 1.68 bits per heavy atom. The number of halogens is 1. The Balaban J connectivity index is 3.45. The molecule has 0 bridgehead atoms. The van der Waals surface area contributed by atoms with Gasteiger partial charge in [0.15, 0.2) is 0 Å². The molecule has 0 radical (unpaired) electrons. The topological polar surface area (TPSA) is 66.4 Å². The highest BCUT2D eigenvalue weighted by Crippen LogP contribution is 2.30. The minimum Gasteiger partial charge on any atom is -0.386 e. The third kappa shape index (κ3) is 4.56. The average Bonchev–Trinajstić information content (AvgIpc) is 2.11. The Morgan fingerprint density at radius 1 is 1.16 bits per heavy atom. The normalized spacial score (nSPS) is 13.6. The lowest BCUT2D eigenvalue weighted by molar-refractivity contribution is 0.0754. The van der Waals surface area contributed by atoms with E-state index in [4.69, 9.17) is 0 Å². The highest BCUT2D eigenvalue weighted by Gasteiger charge is 2.29. The van der Waals surface area contributed by atoms with Crippen LogP contribution in [0.1, 0.15) is 40.2 Å². The zero-order chi connectivity index (χ0) is 15.1. The first-order valence-electron chi connectivity index (χ1n) is 5.89. The molecule has 2 N–H and O–H groups in total. The van der Waals surface area contributed by atoms with Crippen molar-refractivity contribution in [2.24, 2.45) is 0 Å². The lowest BCUT2D eigenvalue weighted by atomic mass is 9.99. The van der Waals surface area contributed by atoms with Crippen molar-refractivity contribution in [1.29, 1.82) is 0 Å². The van der Waals surface area contributed by atoms with E-state index in [-0.39, 0.29) is 4.90 Å². The predicted molar refractivity (Wildman–Crippen MR) is 79.5 cm³/mol. The second-order valence-corrected chi connectivity index (χ2v) is 8.62. The van der Waals surface area contributed by atoms with Gasteiger partial charge in [0.25, 0.3) is 0 Å². The molecule has 0 aliphatic carbocycles. The summed E-state index contributed by atoms with van der Waals surface area (Å²) in [5, 5.41) is 10.1. The van der Waals surface area contributed by atoms with Crippen LogP contribution in [-0.4, -0.2) is 19.1 Å². The number of aliphatic hydroxyl groups is 1. The van der Waals surface area contributed by atoms with Crippen molar-refractivity contribution < 1.29 is 13.5 Å². The number of rotatable bonds is 3. The van der Waals surface area contributed by atoms with Crippen molar-refractivity contribution >= 4 is 26.0 Å². The Hall–Kier alpha value is -0.430. The molecule has 0 unspecified atom stereocenters. The van der Waals surface area contributed by atoms with E-state index in [1.807, 2.05) is 0 Å². The minimum absolute atomic E-state index is 0.0873. The first-order valence-corrected chi connectivity index (χ1v) is 8.17. The fourth-order valence-corrected chi connectivity index (χ4v) is 4.00. The Labute approximate surface area is 123 Å². The fourth-order valence-electron chi connectivity index (χ4n) is 1.68. The van der Waals surface area contributed by atoms with Gasteiger partial charge in [0.05, 0.1) is 10.5 Å². The Kier molecular flexibility index (Phi) is 4.52. The van der Waals surface area contributed by atoms with Crippen molar-refractivity contribution in [3.8, 4) is 0 Å². The first kappa shape index (κ1) is 16.6. The van der Waals surface area contributed by atoms with E-state index in [9.17, 15) is 13.5 Å². The van der Waals surface area contributed by atoms with Crippen LogP contribution < -0.4 is 4.72 Å². The highest BCUT2D eigenvalue weighted by atomic mass is 79.9. The largest absolute Gasteiger partial charge is 0.386 e. The lowest BCUT2D eigenvalue weighted by Crippen LogP contribution is -2.41. The quantitative estimate of drug-likeness (QED) is 0.881. The van der Waals surface area contributed by atoms with Gasteiger partial charge in [0.1, 0.15) is 0 Å². The second-order valence-electron chi connectivity index (χ2n) is 6.05. The summed E-state index contributed by atoms with van der Waals surface area (Å²) in [4.78, 5) is 0.0873. The summed E-state index contributed by atoms with van der Waals surface area (Å²) in [6.45, 7) is 8.43. The minimum atomic E-state index is -3.69. The van der Waals surface area contributed by atoms with E-state index in [1.54, 1.807) is 46.8 Å². The summed E-state index contributed by atoms with van der Waals surface area (Å²) in [6, 6.07) is 4.83. The number of benzene rings is 1. The second kappa shape index (κ2) is 5.16. The van der Waals surface area contributed by atoms with Gasteiger partial charge in [-0.15, -0.1) is 0 Å². The third-order valence-electron chi connectivity index (χ3n) is 2.33. The summed E-state index contributed by atoms with van der Waals surface area (Å²) in [7, 11) is -3.69. The predicted octanol–water partition coefficient (Wildman–Crippen LogP) is 2.75. The Morgan fingerprint density at radius 3 is 2.11 bits per heavy atom. The van der Waals surface area contributed by atoms with Crippen LogP contribution in [0.15, 0.2) is 27.6 Å². The molecule has 1 rings (SSSR count). The van der Waals surface area contributed by atoms with Crippen LogP contribution in [0.2, 0.25) is 0 Å². The molecule has 0 saturated heterocycles. The van der Waals surface area contributed by atoms with E-state index < -0.39 is 21.2 Å². The van der Waals surface area contributed by atoms with Crippen molar-refractivity contribution in [3.63, 3.8) is 0 Å². The van der Waals surface area contributed by atoms with Crippen molar-refractivity contribution in [3.05, 3.63) is 28.2 Å². The van der Waals surface area contributed by atoms with Crippen LogP contribution in [0.5, 0.6) is 0 Å². The standard InChI is InChI=1S/C13H20BrNO3S/c1-12(2,3)15-19(17,18)11-8-9(14)6-7-10(11)13(4,5)16/h6-8,15-16H,1-5H3. The molecule has 4 nitrogen and oxygen atoms in total. The molecule has 0 amide bonds. The molecule has 108 valence electrons. The smallest absolute Gasteiger partial charge is 0.241 e. The molecule has 19 heavy (non-hydrogen) atoms. The van der Waals surface area contributed by atoms with E-state index in [2.05, 4.69) is 20.7 Å². The molecule has 0 heterocycles. The molecule has 0 saturated carbocycles. The summed E-state index contributed by atoms with van der Waals surface area (Å²) in [5.41, 5.74) is -1.45. The van der Waals surface area contributed by atoms with E-state index in [0.29, 0.717) is 10.0 Å². The van der Waals surface area contributed by atoms with Crippen molar-refractivity contribution in [2.45, 2.75) is 50.7 Å². The highest BCUT2D eigenvalue weighted by molar-refractivity contribution is 9.10. The SMILES string of the molecule is CC(C)(C)NS(=O)(=O)c1cc(Br)ccc1C(C)(C)O. The average molecular weight is 350 g/mol. The summed E-state index contributed by atoms with van der Waals surface area (Å²) in [5.74, 6) is 0. The van der Waals surface area contributed by atoms with Gasteiger partial charge in [-0.1, -0.05) is 22.0 Å². The van der Waals surface area contributed by atoms with E-state index in [1.165, 1.54) is 6.07 Å². The van der Waals surface area contributed by atoms with Gasteiger partial charge < -0.3 is 5.11 Å². The molecule has 0 aliphatic rings. The molecule has 1 aromatic carbocycles. The van der Waals surface area contributed by atoms with Crippen molar-refractivity contribution in [1.82, 2.24) is 4.72 Å². The maximum absolute atomic E-state index is 12.4. The monoisotopic (exact) mass is 349 g/mol.